The Morgan fingerprint density at radius 1 is 0.714 bits per heavy atom. The minimum atomic E-state index is 0. The van der Waals surface area contributed by atoms with Gasteiger partial charge in [-0.3, -0.25) is 0 Å². The molecule has 0 saturated heterocycles. The molecule has 0 amide bonds. The number of halogens is 1. The van der Waals surface area contributed by atoms with Crippen molar-refractivity contribution in [2.75, 3.05) is 6.61 Å². The van der Waals surface area contributed by atoms with Crippen LogP contribution in [0.25, 0.3) is 0 Å². The van der Waals surface area contributed by atoms with Gasteiger partial charge in [0.15, 0.2) is 12.4 Å². The molecule has 0 bridgehead atoms. The van der Waals surface area contributed by atoms with Crippen LogP contribution in [-0.2, 0) is 11.5 Å². The van der Waals surface area contributed by atoms with E-state index >= 15 is 0 Å². The second kappa shape index (κ2) is 15.8. The van der Waals surface area contributed by atoms with E-state index in [0.29, 0.717) is 6.73 Å². The standard InChI is InChI=1S/C18H32NO.ClH/c1-2-3-4-5-6-7-8-9-10-14-17-20-18-19-15-12-11-13-16-19;/h11-13,15-16H,2-10,14,17-18H2,1H3;1H/q+1;/p-1. The van der Waals surface area contributed by atoms with Crippen LogP contribution in [0.4, 0.5) is 0 Å². The van der Waals surface area contributed by atoms with Crippen molar-refractivity contribution in [3.63, 3.8) is 0 Å². The summed E-state index contributed by atoms with van der Waals surface area (Å²) in [6.45, 7) is 3.84. The van der Waals surface area contributed by atoms with E-state index in [1.165, 1.54) is 64.2 Å². The molecule has 1 aromatic heterocycles. The summed E-state index contributed by atoms with van der Waals surface area (Å²) in [7, 11) is 0. The second-order valence-electron chi connectivity index (χ2n) is 5.61. The molecular weight excluding hydrogens is 282 g/mol. The predicted molar refractivity (Wildman–Crippen MR) is 84.4 cm³/mol. The molecular formula is C18H32ClNO. The maximum absolute atomic E-state index is 5.65. The van der Waals surface area contributed by atoms with E-state index < -0.39 is 0 Å². The van der Waals surface area contributed by atoms with Gasteiger partial charge < -0.3 is 17.1 Å². The van der Waals surface area contributed by atoms with Gasteiger partial charge in [-0.2, -0.15) is 4.57 Å². The number of hydrogen-bond acceptors (Lipinski definition) is 1. The highest BCUT2D eigenvalue weighted by Crippen LogP contribution is 2.10. The Labute approximate surface area is 137 Å². The second-order valence-corrected chi connectivity index (χ2v) is 5.61. The maximum Gasteiger partial charge on any atom is 0.252 e. The lowest BCUT2D eigenvalue weighted by atomic mass is 10.1. The fourth-order valence-electron chi connectivity index (χ4n) is 2.38. The Morgan fingerprint density at radius 2 is 1.24 bits per heavy atom. The van der Waals surface area contributed by atoms with Crippen molar-refractivity contribution >= 4 is 0 Å². The first-order chi connectivity index (χ1) is 9.93. The largest absolute Gasteiger partial charge is 1.00 e. The summed E-state index contributed by atoms with van der Waals surface area (Å²) in [6, 6.07) is 6.09. The Hall–Kier alpha value is -0.600. The van der Waals surface area contributed by atoms with E-state index in [0.717, 1.165) is 6.61 Å². The fourth-order valence-corrected chi connectivity index (χ4v) is 2.38. The minimum Gasteiger partial charge on any atom is -1.00 e. The summed E-state index contributed by atoms with van der Waals surface area (Å²) < 4.78 is 7.72. The molecule has 0 unspecified atom stereocenters. The first kappa shape index (κ1) is 20.4. The van der Waals surface area contributed by atoms with Crippen LogP contribution in [0.1, 0.15) is 71.1 Å². The molecule has 0 aliphatic rings. The zero-order chi connectivity index (χ0) is 14.3. The zero-order valence-corrected chi connectivity index (χ0v) is 14.4. The number of unbranched alkanes of at least 4 members (excludes halogenated alkanes) is 9. The summed E-state index contributed by atoms with van der Waals surface area (Å²) >= 11 is 0. The number of hydrogen-bond donors (Lipinski definition) is 0. The average Bonchev–Trinajstić information content (AvgIpc) is 2.49. The third kappa shape index (κ3) is 12.8. The Bertz CT molecular complexity index is 305. The zero-order valence-electron chi connectivity index (χ0n) is 13.6. The van der Waals surface area contributed by atoms with Gasteiger partial charge in [0.1, 0.15) is 0 Å². The van der Waals surface area contributed by atoms with Crippen LogP contribution < -0.4 is 17.0 Å². The van der Waals surface area contributed by atoms with Crippen LogP contribution in [0, 0.1) is 0 Å². The van der Waals surface area contributed by atoms with E-state index in [1.54, 1.807) is 0 Å². The maximum atomic E-state index is 5.65. The number of nitrogens with zero attached hydrogens (tertiary/aromatic N) is 1. The molecule has 2 nitrogen and oxygen atoms in total. The van der Waals surface area contributed by atoms with Gasteiger partial charge in [-0.05, 0) is 6.42 Å². The third-order valence-electron chi connectivity index (χ3n) is 3.66. The van der Waals surface area contributed by atoms with Gasteiger partial charge in [-0.25, -0.2) is 0 Å². The highest BCUT2D eigenvalue weighted by molar-refractivity contribution is 4.83. The molecule has 0 radical (unpaired) electrons. The molecule has 3 heteroatoms. The number of rotatable bonds is 13. The molecule has 0 spiro atoms. The normalized spacial score (nSPS) is 10.3. The lowest BCUT2D eigenvalue weighted by molar-refractivity contribution is -0.732. The molecule has 0 aliphatic heterocycles. The van der Waals surface area contributed by atoms with Crippen LogP contribution in [0.2, 0.25) is 0 Å². The van der Waals surface area contributed by atoms with Crippen LogP contribution in [0.15, 0.2) is 30.6 Å². The van der Waals surface area contributed by atoms with Crippen molar-refractivity contribution in [2.45, 2.75) is 77.9 Å². The van der Waals surface area contributed by atoms with Gasteiger partial charge in [0.05, 0.1) is 6.61 Å². The summed E-state index contributed by atoms with van der Waals surface area (Å²) in [6.07, 6.45) is 17.8. The van der Waals surface area contributed by atoms with E-state index in [9.17, 15) is 0 Å². The van der Waals surface area contributed by atoms with Gasteiger partial charge in [0.2, 0.25) is 0 Å². The molecule has 0 saturated carbocycles. The fraction of sp³-hybridized carbons (Fsp3) is 0.722. The van der Waals surface area contributed by atoms with Crippen molar-refractivity contribution < 1.29 is 21.7 Å². The Morgan fingerprint density at radius 3 is 1.81 bits per heavy atom. The van der Waals surface area contributed by atoms with Gasteiger partial charge in [-0.15, -0.1) is 0 Å². The van der Waals surface area contributed by atoms with E-state index in [1.807, 2.05) is 30.6 Å². The molecule has 1 aromatic rings. The highest BCUT2D eigenvalue weighted by Gasteiger charge is 1.97. The number of ether oxygens (including phenoxy) is 1. The van der Waals surface area contributed by atoms with E-state index in [4.69, 9.17) is 4.74 Å². The lowest BCUT2D eigenvalue weighted by Gasteiger charge is -2.02. The first-order valence-electron chi connectivity index (χ1n) is 8.45. The number of aromatic nitrogens is 1. The van der Waals surface area contributed by atoms with Gasteiger partial charge in [-0.1, -0.05) is 70.8 Å². The molecule has 1 rings (SSSR count). The SMILES string of the molecule is CCCCCCCCCCCCOC[n+]1ccccc1.[Cl-]. The Balaban J connectivity index is 0.00000400. The van der Waals surface area contributed by atoms with Crippen molar-refractivity contribution in [1.82, 2.24) is 0 Å². The van der Waals surface area contributed by atoms with Crippen molar-refractivity contribution in [3.8, 4) is 0 Å². The van der Waals surface area contributed by atoms with Crippen LogP contribution in [-0.4, -0.2) is 6.61 Å². The molecule has 0 N–H and O–H groups in total. The van der Waals surface area contributed by atoms with Crippen molar-refractivity contribution in [3.05, 3.63) is 30.6 Å². The summed E-state index contributed by atoms with van der Waals surface area (Å²) in [5, 5.41) is 0. The highest BCUT2D eigenvalue weighted by atomic mass is 35.5. The Kier molecular flexibility index (Phi) is 15.3. The van der Waals surface area contributed by atoms with Crippen LogP contribution in [0.5, 0.6) is 0 Å². The topological polar surface area (TPSA) is 13.1 Å². The third-order valence-corrected chi connectivity index (χ3v) is 3.66. The quantitative estimate of drug-likeness (QED) is 0.400. The molecule has 122 valence electrons. The minimum absolute atomic E-state index is 0. The molecule has 21 heavy (non-hydrogen) atoms. The predicted octanol–water partition coefficient (Wildman–Crippen LogP) is 1.87. The molecule has 1 heterocycles. The monoisotopic (exact) mass is 313 g/mol. The molecule has 0 atom stereocenters. The molecule has 0 aromatic carbocycles. The van der Waals surface area contributed by atoms with E-state index in [2.05, 4.69) is 11.5 Å². The lowest BCUT2D eigenvalue weighted by Crippen LogP contribution is -3.00. The molecule has 0 fully saturated rings. The van der Waals surface area contributed by atoms with Crippen molar-refractivity contribution in [2.24, 2.45) is 0 Å². The van der Waals surface area contributed by atoms with Gasteiger partial charge in [0.25, 0.3) is 6.73 Å². The number of pyridine rings is 1. The summed E-state index contributed by atoms with van der Waals surface area (Å²) in [5.74, 6) is 0. The summed E-state index contributed by atoms with van der Waals surface area (Å²) in [4.78, 5) is 0. The van der Waals surface area contributed by atoms with Gasteiger partial charge >= 0.3 is 0 Å². The van der Waals surface area contributed by atoms with E-state index in [-0.39, 0.29) is 12.4 Å². The van der Waals surface area contributed by atoms with Crippen molar-refractivity contribution in [1.29, 1.82) is 0 Å². The smallest absolute Gasteiger partial charge is 0.252 e. The van der Waals surface area contributed by atoms with Gasteiger partial charge in [0, 0.05) is 12.1 Å². The van der Waals surface area contributed by atoms with Crippen LogP contribution in [0.3, 0.4) is 0 Å². The van der Waals surface area contributed by atoms with Crippen LogP contribution >= 0.6 is 0 Å². The average molecular weight is 314 g/mol. The first-order valence-corrected chi connectivity index (χ1v) is 8.45. The summed E-state index contributed by atoms with van der Waals surface area (Å²) in [5.41, 5.74) is 0. The molecule has 0 aliphatic carbocycles.